The van der Waals surface area contributed by atoms with Gasteiger partial charge in [-0.3, -0.25) is 0 Å². The van der Waals surface area contributed by atoms with Crippen molar-refractivity contribution in [1.82, 2.24) is 5.32 Å². The van der Waals surface area contributed by atoms with Gasteiger partial charge < -0.3 is 15.3 Å². The molecule has 0 unspecified atom stereocenters. The van der Waals surface area contributed by atoms with Crippen LogP contribution in [-0.4, -0.2) is 31.3 Å². The lowest BCUT2D eigenvalue weighted by atomic mass is 9.82. The monoisotopic (exact) mass is 266 g/mol. The van der Waals surface area contributed by atoms with E-state index in [4.69, 9.17) is 0 Å². The van der Waals surface area contributed by atoms with E-state index in [1.807, 2.05) is 20.0 Å². The zero-order valence-electron chi connectivity index (χ0n) is 11.7. The van der Waals surface area contributed by atoms with Gasteiger partial charge in [0.15, 0.2) is 0 Å². The average molecular weight is 266 g/mol. The molecule has 0 aliphatic heterocycles. The molecule has 0 aromatic heterocycles. The number of nitrogens with zero attached hydrogens (tertiary/aromatic N) is 1. The Labute approximate surface area is 114 Å². The lowest BCUT2D eigenvalue weighted by Crippen LogP contribution is -2.37. The second-order valence-electron chi connectivity index (χ2n) is 5.43. The Balaban J connectivity index is 2.04. The van der Waals surface area contributed by atoms with Gasteiger partial charge in [0.2, 0.25) is 0 Å². The van der Waals surface area contributed by atoms with Crippen LogP contribution in [0.25, 0.3) is 0 Å². The number of nitrogens with one attached hydrogen (secondary N) is 1. The molecule has 0 saturated heterocycles. The fourth-order valence-electron chi connectivity index (χ4n) is 2.66. The highest BCUT2D eigenvalue weighted by atomic mass is 19.1. The fraction of sp³-hybridized carbons (Fsp3) is 0.600. The van der Waals surface area contributed by atoms with Gasteiger partial charge in [-0.1, -0.05) is 6.92 Å². The molecule has 0 radical (unpaired) electrons. The highest BCUT2D eigenvalue weighted by Crippen LogP contribution is 2.30. The van der Waals surface area contributed by atoms with Crippen LogP contribution in [-0.2, 0) is 6.54 Å². The van der Waals surface area contributed by atoms with Gasteiger partial charge >= 0.3 is 0 Å². The van der Waals surface area contributed by atoms with Crippen LogP contribution in [0.15, 0.2) is 18.2 Å². The Hall–Kier alpha value is -1.13. The minimum atomic E-state index is -0.191. The maximum atomic E-state index is 13.3. The van der Waals surface area contributed by atoms with Crippen LogP contribution in [0.2, 0.25) is 0 Å². The number of anilines is 1. The molecule has 19 heavy (non-hydrogen) atoms. The van der Waals surface area contributed by atoms with Crippen molar-refractivity contribution in [2.24, 2.45) is 5.92 Å². The average Bonchev–Trinajstić information content (AvgIpc) is 2.34. The summed E-state index contributed by atoms with van der Waals surface area (Å²) in [6.07, 6.45) is 1.65. The molecule has 2 N–H and O–H groups in total. The van der Waals surface area contributed by atoms with E-state index in [1.54, 1.807) is 6.07 Å². The van der Waals surface area contributed by atoms with Gasteiger partial charge in [0.25, 0.3) is 0 Å². The third kappa shape index (κ3) is 3.67. The zero-order valence-corrected chi connectivity index (χ0v) is 11.7. The smallest absolute Gasteiger partial charge is 0.123 e. The van der Waals surface area contributed by atoms with Crippen molar-refractivity contribution >= 4 is 5.69 Å². The Bertz CT molecular complexity index is 419. The summed E-state index contributed by atoms with van der Waals surface area (Å²) in [6.45, 7) is 4.51. The second kappa shape index (κ2) is 6.35. The normalized spacial score (nSPS) is 22.1. The summed E-state index contributed by atoms with van der Waals surface area (Å²) in [5.41, 5.74) is 2.06. The number of aliphatic hydroxyl groups excluding tert-OH is 1. The van der Waals surface area contributed by atoms with Crippen molar-refractivity contribution in [3.05, 3.63) is 29.6 Å². The SMILES string of the molecule is CCNCc1cc(F)ccc1N(C)CC1CC(O)C1. The molecule has 2 rings (SSSR count). The number of halogens is 1. The van der Waals surface area contributed by atoms with Crippen LogP contribution in [0.5, 0.6) is 0 Å². The van der Waals surface area contributed by atoms with E-state index in [2.05, 4.69) is 10.2 Å². The molecule has 0 heterocycles. The molecule has 106 valence electrons. The van der Waals surface area contributed by atoms with Gasteiger partial charge in [0.05, 0.1) is 6.10 Å². The molecule has 4 heteroatoms. The van der Waals surface area contributed by atoms with E-state index in [-0.39, 0.29) is 11.9 Å². The second-order valence-corrected chi connectivity index (χ2v) is 5.43. The number of aliphatic hydroxyl groups is 1. The summed E-state index contributed by atoms with van der Waals surface area (Å²) >= 11 is 0. The molecule has 1 aromatic rings. The summed E-state index contributed by atoms with van der Waals surface area (Å²) in [6, 6.07) is 4.96. The third-order valence-corrected chi connectivity index (χ3v) is 3.76. The minimum Gasteiger partial charge on any atom is -0.393 e. The first-order valence-corrected chi connectivity index (χ1v) is 6.98. The summed E-state index contributed by atoms with van der Waals surface area (Å²) < 4.78 is 13.3. The van der Waals surface area contributed by atoms with E-state index < -0.39 is 0 Å². The molecule has 1 fully saturated rings. The first-order chi connectivity index (χ1) is 9.10. The summed E-state index contributed by atoms with van der Waals surface area (Å²) in [7, 11) is 2.04. The van der Waals surface area contributed by atoms with Gasteiger partial charge in [0, 0.05) is 25.8 Å². The molecule has 0 spiro atoms. The number of benzene rings is 1. The van der Waals surface area contributed by atoms with Crippen LogP contribution in [0.1, 0.15) is 25.3 Å². The largest absolute Gasteiger partial charge is 0.393 e. The third-order valence-electron chi connectivity index (χ3n) is 3.76. The molecule has 0 amide bonds. The highest BCUT2D eigenvalue weighted by Gasteiger charge is 2.28. The quantitative estimate of drug-likeness (QED) is 0.828. The highest BCUT2D eigenvalue weighted by molar-refractivity contribution is 5.53. The van der Waals surface area contributed by atoms with Crippen LogP contribution in [0, 0.1) is 11.7 Å². The van der Waals surface area contributed by atoms with Gasteiger partial charge in [-0.25, -0.2) is 4.39 Å². The fourth-order valence-corrected chi connectivity index (χ4v) is 2.66. The van der Waals surface area contributed by atoms with Crippen molar-refractivity contribution in [3.63, 3.8) is 0 Å². The van der Waals surface area contributed by atoms with Crippen LogP contribution in [0.3, 0.4) is 0 Å². The van der Waals surface area contributed by atoms with E-state index in [1.165, 1.54) is 6.07 Å². The topological polar surface area (TPSA) is 35.5 Å². The van der Waals surface area contributed by atoms with Gasteiger partial charge in [-0.2, -0.15) is 0 Å². The van der Waals surface area contributed by atoms with Crippen LogP contribution < -0.4 is 10.2 Å². The summed E-state index contributed by atoms with van der Waals surface area (Å²) in [5.74, 6) is 0.362. The molecule has 1 aliphatic rings. The molecule has 1 aromatic carbocycles. The van der Waals surface area contributed by atoms with E-state index >= 15 is 0 Å². The van der Waals surface area contributed by atoms with Crippen molar-refractivity contribution in [2.45, 2.75) is 32.4 Å². The van der Waals surface area contributed by atoms with Crippen LogP contribution >= 0.6 is 0 Å². The zero-order chi connectivity index (χ0) is 13.8. The first-order valence-electron chi connectivity index (χ1n) is 6.98. The molecule has 0 atom stereocenters. The molecule has 1 saturated carbocycles. The van der Waals surface area contributed by atoms with E-state index in [9.17, 15) is 9.50 Å². The number of rotatable bonds is 6. The van der Waals surface area contributed by atoms with Gasteiger partial charge in [0.1, 0.15) is 5.82 Å². The first kappa shape index (κ1) is 14.3. The summed E-state index contributed by atoms with van der Waals surface area (Å²) in [4.78, 5) is 2.17. The van der Waals surface area contributed by atoms with Crippen molar-refractivity contribution in [1.29, 1.82) is 0 Å². The van der Waals surface area contributed by atoms with Crippen molar-refractivity contribution in [3.8, 4) is 0 Å². The van der Waals surface area contributed by atoms with Crippen molar-refractivity contribution in [2.75, 3.05) is 25.0 Å². The van der Waals surface area contributed by atoms with E-state index in [0.717, 1.165) is 37.2 Å². The minimum absolute atomic E-state index is 0.118. The molecule has 3 nitrogen and oxygen atoms in total. The Morgan fingerprint density at radius 1 is 1.42 bits per heavy atom. The Morgan fingerprint density at radius 2 is 2.16 bits per heavy atom. The van der Waals surface area contributed by atoms with Gasteiger partial charge in [-0.05, 0) is 49.1 Å². The number of hydrogen-bond acceptors (Lipinski definition) is 3. The molecular formula is C15H23FN2O. The van der Waals surface area contributed by atoms with Crippen molar-refractivity contribution < 1.29 is 9.50 Å². The predicted molar refractivity (Wildman–Crippen MR) is 75.8 cm³/mol. The molecule has 1 aliphatic carbocycles. The van der Waals surface area contributed by atoms with Crippen LogP contribution in [0.4, 0.5) is 10.1 Å². The van der Waals surface area contributed by atoms with E-state index in [0.29, 0.717) is 12.5 Å². The van der Waals surface area contributed by atoms with Gasteiger partial charge in [-0.15, -0.1) is 0 Å². The standard InChI is InChI=1S/C15H23FN2O/c1-3-17-9-12-8-13(16)4-5-15(12)18(2)10-11-6-14(19)7-11/h4-5,8,11,14,17,19H,3,6-7,9-10H2,1-2H3. The Morgan fingerprint density at radius 3 is 2.79 bits per heavy atom. The molecular weight excluding hydrogens is 243 g/mol. The Kier molecular flexibility index (Phi) is 4.77. The number of hydrogen-bond donors (Lipinski definition) is 2. The maximum Gasteiger partial charge on any atom is 0.123 e. The lowest BCUT2D eigenvalue weighted by molar-refractivity contribution is 0.0464. The predicted octanol–water partition coefficient (Wildman–Crippen LogP) is 2.14. The summed E-state index contributed by atoms with van der Waals surface area (Å²) in [5, 5.41) is 12.6. The molecule has 0 bridgehead atoms. The maximum absolute atomic E-state index is 13.3. The lowest BCUT2D eigenvalue weighted by Gasteiger charge is -2.35.